The Balaban J connectivity index is 2.02. The van der Waals surface area contributed by atoms with Gasteiger partial charge in [-0.15, -0.1) is 0 Å². The van der Waals surface area contributed by atoms with E-state index in [1.165, 1.54) is 0 Å². The lowest BCUT2D eigenvalue weighted by atomic mass is 10.1. The molecule has 23 heavy (non-hydrogen) atoms. The molecule has 2 aromatic rings. The van der Waals surface area contributed by atoms with Crippen molar-refractivity contribution in [1.82, 2.24) is 5.32 Å². The summed E-state index contributed by atoms with van der Waals surface area (Å²) in [7, 11) is 3.12. The molecule has 0 spiro atoms. The molecule has 2 amide bonds. The lowest BCUT2D eigenvalue weighted by molar-refractivity contribution is 0.249. The third-order valence-corrected chi connectivity index (χ3v) is 3.83. The van der Waals surface area contributed by atoms with Crippen LogP contribution in [0.5, 0.6) is 11.5 Å². The molecule has 0 fully saturated rings. The van der Waals surface area contributed by atoms with Crippen LogP contribution in [-0.4, -0.2) is 20.3 Å². The lowest BCUT2D eigenvalue weighted by Gasteiger charge is -2.16. The summed E-state index contributed by atoms with van der Waals surface area (Å²) < 4.78 is 11.4. The maximum Gasteiger partial charge on any atom is 0.319 e. The van der Waals surface area contributed by atoms with Gasteiger partial charge < -0.3 is 20.1 Å². The van der Waals surface area contributed by atoms with Gasteiger partial charge in [0.05, 0.1) is 20.3 Å². The van der Waals surface area contributed by atoms with Crippen LogP contribution in [0, 0.1) is 0 Å². The van der Waals surface area contributed by atoms with Gasteiger partial charge in [-0.2, -0.15) is 0 Å². The van der Waals surface area contributed by atoms with Crippen molar-refractivity contribution < 1.29 is 14.3 Å². The average Bonchev–Trinajstić information content (AvgIpc) is 2.54. The van der Waals surface area contributed by atoms with Gasteiger partial charge in [-0.05, 0) is 36.8 Å². The van der Waals surface area contributed by atoms with E-state index < -0.39 is 0 Å². The molecular weight excluding hydrogens is 360 g/mol. The van der Waals surface area contributed by atoms with E-state index in [9.17, 15) is 4.79 Å². The van der Waals surface area contributed by atoms with Crippen molar-refractivity contribution in [2.75, 3.05) is 19.5 Å². The molecule has 0 aliphatic rings. The van der Waals surface area contributed by atoms with Crippen molar-refractivity contribution in [3.05, 3.63) is 52.5 Å². The van der Waals surface area contributed by atoms with Crippen LogP contribution in [0.4, 0.5) is 10.5 Å². The molecule has 0 saturated carbocycles. The third-order valence-electron chi connectivity index (χ3n) is 3.34. The molecule has 2 aromatic carbocycles. The molecule has 2 rings (SSSR count). The second kappa shape index (κ2) is 7.87. The molecule has 0 heterocycles. The molecule has 0 saturated heterocycles. The fourth-order valence-corrected chi connectivity index (χ4v) is 2.55. The minimum Gasteiger partial charge on any atom is -0.493 e. The normalized spacial score (nSPS) is 11.5. The lowest BCUT2D eigenvalue weighted by Crippen LogP contribution is -2.31. The van der Waals surface area contributed by atoms with Gasteiger partial charge in [0.25, 0.3) is 0 Å². The quantitative estimate of drug-likeness (QED) is 0.812. The van der Waals surface area contributed by atoms with E-state index in [1.54, 1.807) is 32.4 Å². The predicted octanol–water partition coefficient (Wildman–Crippen LogP) is 4.35. The Labute approximate surface area is 144 Å². The fourth-order valence-electron chi connectivity index (χ4n) is 2.14. The molecule has 0 unspecified atom stereocenters. The molecule has 122 valence electrons. The highest BCUT2D eigenvalue weighted by Gasteiger charge is 2.11. The number of carbonyl (C=O) groups excluding carboxylic acids is 1. The van der Waals surface area contributed by atoms with Crippen molar-refractivity contribution in [2.24, 2.45) is 0 Å². The van der Waals surface area contributed by atoms with E-state index in [-0.39, 0.29) is 12.1 Å². The molecule has 0 aromatic heterocycles. The SMILES string of the molecule is COc1ccc(NC(=O)N[C@H](C)c2cccc(Br)c2)cc1OC. The summed E-state index contributed by atoms with van der Waals surface area (Å²) in [4.78, 5) is 12.1. The summed E-state index contributed by atoms with van der Waals surface area (Å²) in [6.07, 6.45) is 0. The summed E-state index contributed by atoms with van der Waals surface area (Å²) in [6, 6.07) is 12.6. The number of benzene rings is 2. The Hall–Kier alpha value is -2.21. The maximum atomic E-state index is 12.1. The second-order valence-electron chi connectivity index (χ2n) is 4.94. The zero-order valence-corrected chi connectivity index (χ0v) is 14.8. The van der Waals surface area contributed by atoms with Crippen LogP contribution in [0.1, 0.15) is 18.5 Å². The summed E-state index contributed by atoms with van der Waals surface area (Å²) in [5.41, 5.74) is 1.64. The van der Waals surface area contributed by atoms with Crippen LogP contribution in [0.3, 0.4) is 0 Å². The highest BCUT2D eigenvalue weighted by Crippen LogP contribution is 2.29. The van der Waals surface area contributed by atoms with Crippen molar-refractivity contribution in [3.63, 3.8) is 0 Å². The van der Waals surface area contributed by atoms with Crippen LogP contribution in [0.15, 0.2) is 46.9 Å². The van der Waals surface area contributed by atoms with Gasteiger partial charge in [0.1, 0.15) is 0 Å². The van der Waals surface area contributed by atoms with Crippen molar-refractivity contribution >= 4 is 27.6 Å². The van der Waals surface area contributed by atoms with Crippen LogP contribution in [-0.2, 0) is 0 Å². The highest BCUT2D eigenvalue weighted by atomic mass is 79.9. The number of carbonyl (C=O) groups is 1. The van der Waals surface area contributed by atoms with E-state index in [2.05, 4.69) is 26.6 Å². The van der Waals surface area contributed by atoms with Crippen LogP contribution >= 0.6 is 15.9 Å². The van der Waals surface area contributed by atoms with E-state index in [1.807, 2.05) is 31.2 Å². The molecule has 6 heteroatoms. The number of rotatable bonds is 5. The van der Waals surface area contributed by atoms with Crippen molar-refractivity contribution in [1.29, 1.82) is 0 Å². The molecule has 5 nitrogen and oxygen atoms in total. The van der Waals surface area contributed by atoms with Crippen LogP contribution in [0.2, 0.25) is 0 Å². The Morgan fingerprint density at radius 3 is 2.48 bits per heavy atom. The highest BCUT2D eigenvalue weighted by molar-refractivity contribution is 9.10. The van der Waals surface area contributed by atoms with Crippen LogP contribution in [0.25, 0.3) is 0 Å². The van der Waals surface area contributed by atoms with Crippen LogP contribution < -0.4 is 20.1 Å². The van der Waals surface area contributed by atoms with Crippen molar-refractivity contribution in [2.45, 2.75) is 13.0 Å². The fraction of sp³-hybridized carbons (Fsp3) is 0.235. The van der Waals surface area contributed by atoms with Gasteiger partial charge in [0, 0.05) is 16.2 Å². The van der Waals surface area contributed by atoms with E-state index in [0.717, 1.165) is 10.0 Å². The molecule has 1 atom stereocenters. The number of amides is 2. The Kier molecular flexibility index (Phi) is 5.87. The standard InChI is InChI=1S/C17H19BrN2O3/c1-11(12-5-4-6-13(18)9-12)19-17(21)20-14-7-8-15(22-2)16(10-14)23-3/h4-11H,1-3H3,(H2,19,20,21)/t11-/m1/s1. The summed E-state index contributed by atoms with van der Waals surface area (Å²) in [6.45, 7) is 1.93. The topological polar surface area (TPSA) is 59.6 Å². The molecule has 0 aliphatic heterocycles. The molecular formula is C17H19BrN2O3. The number of urea groups is 1. The summed E-state index contributed by atoms with van der Waals surface area (Å²) in [5, 5.41) is 5.68. The van der Waals surface area contributed by atoms with E-state index in [4.69, 9.17) is 9.47 Å². The van der Waals surface area contributed by atoms with E-state index in [0.29, 0.717) is 17.2 Å². The summed E-state index contributed by atoms with van der Waals surface area (Å²) in [5.74, 6) is 1.17. The maximum absolute atomic E-state index is 12.1. The first-order valence-corrected chi connectivity index (χ1v) is 7.87. The number of nitrogens with one attached hydrogen (secondary N) is 2. The van der Waals surface area contributed by atoms with Gasteiger partial charge >= 0.3 is 6.03 Å². The Morgan fingerprint density at radius 1 is 1.09 bits per heavy atom. The Morgan fingerprint density at radius 2 is 1.83 bits per heavy atom. The number of methoxy groups -OCH3 is 2. The zero-order chi connectivity index (χ0) is 16.8. The van der Waals surface area contributed by atoms with Gasteiger partial charge in [0.2, 0.25) is 0 Å². The van der Waals surface area contributed by atoms with Gasteiger partial charge in [-0.25, -0.2) is 4.79 Å². The Bertz CT molecular complexity index is 691. The monoisotopic (exact) mass is 378 g/mol. The smallest absolute Gasteiger partial charge is 0.319 e. The number of hydrogen-bond acceptors (Lipinski definition) is 3. The number of hydrogen-bond donors (Lipinski definition) is 2. The first-order chi connectivity index (χ1) is 11.0. The summed E-state index contributed by atoms with van der Waals surface area (Å²) >= 11 is 3.43. The van der Waals surface area contributed by atoms with E-state index >= 15 is 0 Å². The minimum absolute atomic E-state index is 0.118. The molecule has 0 radical (unpaired) electrons. The first-order valence-electron chi connectivity index (χ1n) is 7.08. The average molecular weight is 379 g/mol. The van der Waals surface area contributed by atoms with Gasteiger partial charge in [-0.3, -0.25) is 0 Å². The molecule has 0 aliphatic carbocycles. The zero-order valence-electron chi connectivity index (χ0n) is 13.2. The van der Waals surface area contributed by atoms with Crippen molar-refractivity contribution in [3.8, 4) is 11.5 Å². The first kappa shape index (κ1) is 17.1. The predicted molar refractivity (Wildman–Crippen MR) is 94.3 cm³/mol. The number of halogens is 1. The minimum atomic E-state index is -0.287. The van der Waals surface area contributed by atoms with Gasteiger partial charge in [-0.1, -0.05) is 28.1 Å². The molecule has 2 N–H and O–H groups in total. The number of ether oxygens (including phenoxy) is 2. The third kappa shape index (κ3) is 4.63. The number of anilines is 1. The largest absolute Gasteiger partial charge is 0.493 e. The molecule has 0 bridgehead atoms. The van der Waals surface area contributed by atoms with Gasteiger partial charge in [0.15, 0.2) is 11.5 Å². The second-order valence-corrected chi connectivity index (χ2v) is 5.86.